The minimum atomic E-state index is -0.594. The van der Waals surface area contributed by atoms with Gasteiger partial charge in [0.2, 0.25) is 0 Å². The average Bonchev–Trinajstić information content (AvgIpc) is 2.64. The van der Waals surface area contributed by atoms with Gasteiger partial charge in [-0.25, -0.2) is 4.98 Å². The molecule has 2 aliphatic rings. The summed E-state index contributed by atoms with van der Waals surface area (Å²) in [5.41, 5.74) is 6.98. The van der Waals surface area contributed by atoms with E-state index < -0.39 is 11.8 Å². The highest BCUT2D eigenvalue weighted by Crippen LogP contribution is 2.31. The largest absolute Gasteiger partial charge is 0.383 e. The molecule has 2 atom stereocenters. The first-order chi connectivity index (χ1) is 12.5. The van der Waals surface area contributed by atoms with Crippen molar-refractivity contribution in [3.05, 3.63) is 17.8 Å². The maximum absolute atomic E-state index is 12.9. The van der Waals surface area contributed by atoms with Crippen molar-refractivity contribution in [3.8, 4) is 0 Å². The van der Waals surface area contributed by atoms with Crippen molar-refractivity contribution in [2.45, 2.75) is 45.6 Å². The van der Waals surface area contributed by atoms with Crippen LogP contribution in [0.15, 0.2) is 12.3 Å². The van der Waals surface area contributed by atoms with E-state index in [1.807, 2.05) is 11.8 Å². The molecule has 142 valence electrons. The average molecular weight is 359 g/mol. The summed E-state index contributed by atoms with van der Waals surface area (Å²) < 4.78 is 0. The zero-order valence-electron chi connectivity index (χ0n) is 15.6. The molecule has 0 aromatic carbocycles. The summed E-state index contributed by atoms with van der Waals surface area (Å²) in [7, 11) is 0. The molecule has 1 aromatic rings. The van der Waals surface area contributed by atoms with Crippen molar-refractivity contribution >= 4 is 23.3 Å². The fourth-order valence-corrected chi connectivity index (χ4v) is 4.10. The Labute approximate surface area is 154 Å². The van der Waals surface area contributed by atoms with Gasteiger partial charge >= 0.3 is 11.8 Å². The smallest absolute Gasteiger partial charge is 0.313 e. The summed E-state index contributed by atoms with van der Waals surface area (Å²) in [4.78, 5) is 31.3. The van der Waals surface area contributed by atoms with Gasteiger partial charge in [-0.1, -0.05) is 6.92 Å². The van der Waals surface area contributed by atoms with Gasteiger partial charge in [0.1, 0.15) is 5.82 Å². The minimum absolute atomic E-state index is 0.165. The lowest BCUT2D eigenvalue weighted by molar-refractivity contribution is -0.147. The van der Waals surface area contributed by atoms with Gasteiger partial charge in [-0.2, -0.15) is 0 Å². The molecule has 7 heteroatoms. The fourth-order valence-electron chi connectivity index (χ4n) is 4.10. The van der Waals surface area contributed by atoms with E-state index in [2.05, 4.69) is 22.5 Å². The molecule has 0 spiro atoms. The number of hydrogen-bond donors (Lipinski definition) is 3. The van der Waals surface area contributed by atoms with Crippen molar-refractivity contribution in [1.82, 2.24) is 15.2 Å². The van der Waals surface area contributed by atoms with E-state index in [-0.39, 0.29) is 6.04 Å². The fraction of sp³-hybridized carbons (Fsp3) is 0.632. The number of carbonyl (C=O) groups is 2. The zero-order chi connectivity index (χ0) is 18.7. The highest BCUT2D eigenvalue weighted by Gasteiger charge is 2.37. The normalized spacial score (nSPS) is 24.3. The lowest BCUT2D eigenvalue weighted by atomic mass is 9.82. The Balaban J connectivity index is 1.71. The van der Waals surface area contributed by atoms with Gasteiger partial charge in [0, 0.05) is 12.6 Å². The van der Waals surface area contributed by atoms with E-state index in [0.717, 1.165) is 44.3 Å². The van der Waals surface area contributed by atoms with Gasteiger partial charge in [0.15, 0.2) is 0 Å². The number of nitrogens with one attached hydrogen (secondary N) is 2. The van der Waals surface area contributed by atoms with Crippen LogP contribution < -0.4 is 16.4 Å². The lowest BCUT2D eigenvalue weighted by Crippen LogP contribution is -2.54. The van der Waals surface area contributed by atoms with Crippen molar-refractivity contribution < 1.29 is 9.59 Å². The minimum Gasteiger partial charge on any atom is -0.383 e. The highest BCUT2D eigenvalue weighted by molar-refractivity contribution is 6.39. The third kappa shape index (κ3) is 4.15. The van der Waals surface area contributed by atoms with E-state index in [1.165, 1.54) is 6.20 Å². The van der Waals surface area contributed by atoms with Gasteiger partial charge in [0.25, 0.3) is 0 Å². The van der Waals surface area contributed by atoms with Crippen LogP contribution in [0.5, 0.6) is 0 Å². The highest BCUT2D eigenvalue weighted by atomic mass is 16.2. The molecule has 4 N–H and O–H groups in total. The van der Waals surface area contributed by atoms with Crippen molar-refractivity contribution in [2.24, 2.45) is 11.8 Å². The number of anilines is 2. The van der Waals surface area contributed by atoms with E-state index in [4.69, 9.17) is 5.73 Å². The SMILES string of the molecule is Cc1cc(NC(=O)C(=O)N2C[C@H](C)CC[C@H]2C2CCNCC2)cnc1N. The van der Waals surface area contributed by atoms with Gasteiger partial charge in [-0.05, 0) is 69.2 Å². The number of nitrogen functional groups attached to an aromatic ring is 1. The van der Waals surface area contributed by atoms with Crippen LogP contribution in [-0.4, -0.2) is 47.4 Å². The number of aromatic nitrogens is 1. The molecule has 0 saturated carbocycles. The first kappa shape index (κ1) is 18.6. The van der Waals surface area contributed by atoms with E-state index >= 15 is 0 Å². The number of nitrogens with zero attached hydrogens (tertiary/aromatic N) is 2. The Hall–Kier alpha value is -2.15. The maximum atomic E-state index is 12.9. The molecule has 2 aliphatic heterocycles. The summed E-state index contributed by atoms with van der Waals surface area (Å²) in [6.45, 7) is 6.59. The molecule has 2 saturated heterocycles. The number of nitrogens with two attached hydrogens (primary N) is 1. The summed E-state index contributed by atoms with van der Waals surface area (Å²) in [6.07, 6.45) is 5.70. The number of carbonyl (C=O) groups excluding carboxylic acids is 2. The maximum Gasteiger partial charge on any atom is 0.313 e. The van der Waals surface area contributed by atoms with E-state index in [0.29, 0.717) is 29.9 Å². The van der Waals surface area contributed by atoms with E-state index in [1.54, 1.807) is 6.07 Å². The van der Waals surface area contributed by atoms with Gasteiger partial charge in [-0.3, -0.25) is 9.59 Å². The first-order valence-electron chi connectivity index (χ1n) is 9.50. The molecule has 3 heterocycles. The molecular weight excluding hydrogens is 330 g/mol. The summed E-state index contributed by atoms with van der Waals surface area (Å²) in [5, 5.41) is 6.06. The quantitative estimate of drug-likeness (QED) is 0.696. The topological polar surface area (TPSA) is 100 Å². The van der Waals surface area contributed by atoms with Crippen molar-refractivity contribution in [1.29, 1.82) is 0 Å². The number of piperidine rings is 2. The van der Waals surface area contributed by atoms with E-state index in [9.17, 15) is 9.59 Å². The molecule has 0 aliphatic carbocycles. The summed E-state index contributed by atoms with van der Waals surface area (Å²) >= 11 is 0. The van der Waals surface area contributed by atoms with Crippen LogP contribution in [0.1, 0.15) is 38.2 Å². The first-order valence-corrected chi connectivity index (χ1v) is 9.50. The molecular formula is C19H29N5O2. The Morgan fingerprint density at radius 2 is 2.00 bits per heavy atom. The third-order valence-corrected chi connectivity index (χ3v) is 5.62. The number of amides is 2. The van der Waals surface area contributed by atoms with Crippen molar-refractivity contribution in [2.75, 3.05) is 30.7 Å². The molecule has 0 radical (unpaired) electrons. The molecule has 0 bridgehead atoms. The van der Waals surface area contributed by atoms with Gasteiger partial charge < -0.3 is 21.3 Å². The molecule has 2 fully saturated rings. The predicted octanol–water partition coefficient (Wildman–Crippen LogP) is 1.54. The standard InChI is InChI=1S/C19H29N5O2/c1-12-3-4-16(14-5-7-21-8-6-14)24(11-12)19(26)18(25)23-15-9-13(2)17(20)22-10-15/h9-10,12,14,16,21H,3-8,11H2,1-2H3,(H2,20,22)(H,23,25)/t12-,16+/m1/s1. The molecule has 3 rings (SSSR count). The van der Waals surface area contributed by atoms with Crippen LogP contribution in [0.25, 0.3) is 0 Å². The summed E-state index contributed by atoms with van der Waals surface area (Å²) in [5.74, 6) is 0.287. The molecule has 26 heavy (non-hydrogen) atoms. The lowest BCUT2D eigenvalue weighted by Gasteiger charge is -2.43. The molecule has 1 aromatic heterocycles. The van der Waals surface area contributed by atoms with Crippen LogP contribution in [-0.2, 0) is 9.59 Å². The second-order valence-corrected chi connectivity index (χ2v) is 7.68. The molecule has 7 nitrogen and oxygen atoms in total. The van der Waals surface area contributed by atoms with Gasteiger partial charge in [-0.15, -0.1) is 0 Å². The summed E-state index contributed by atoms with van der Waals surface area (Å²) in [6, 6.07) is 1.90. The Bertz CT molecular complexity index is 672. The van der Waals surface area contributed by atoms with Gasteiger partial charge in [0.05, 0.1) is 11.9 Å². The number of aryl methyl sites for hydroxylation is 1. The number of likely N-dealkylation sites (tertiary alicyclic amines) is 1. The van der Waals surface area contributed by atoms with Crippen LogP contribution in [0.3, 0.4) is 0 Å². The number of hydrogen-bond acceptors (Lipinski definition) is 5. The third-order valence-electron chi connectivity index (χ3n) is 5.62. The number of pyridine rings is 1. The van der Waals surface area contributed by atoms with Crippen molar-refractivity contribution in [3.63, 3.8) is 0 Å². The van der Waals surface area contributed by atoms with Crippen LogP contribution in [0.2, 0.25) is 0 Å². The number of rotatable bonds is 2. The zero-order valence-corrected chi connectivity index (χ0v) is 15.6. The van der Waals surface area contributed by atoms with Crippen LogP contribution in [0, 0.1) is 18.8 Å². The predicted molar refractivity (Wildman–Crippen MR) is 102 cm³/mol. The Morgan fingerprint density at radius 1 is 1.27 bits per heavy atom. The Kier molecular flexibility index (Phi) is 5.76. The second-order valence-electron chi connectivity index (χ2n) is 7.68. The monoisotopic (exact) mass is 359 g/mol. The molecule has 2 amide bonds. The Morgan fingerprint density at radius 3 is 2.69 bits per heavy atom. The molecule has 0 unspecified atom stereocenters. The second kappa shape index (κ2) is 8.03. The van der Waals surface area contributed by atoms with Crippen LogP contribution >= 0.6 is 0 Å². The van der Waals surface area contributed by atoms with Crippen LogP contribution in [0.4, 0.5) is 11.5 Å².